The van der Waals surface area contributed by atoms with Crippen molar-refractivity contribution in [2.24, 2.45) is 0 Å². The number of rotatable bonds is 1. The van der Waals surface area contributed by atoms with Crippen LogP contribution in [0.1, 0.15) is 20.3 Å². The van der Waals surface area contributed by atoms with Gasteiger partial charge in [0.05, 0.1) is 0 Å². The highest BCUT2D eigenvalue weighted by Crippen LogP contribution is 2.22. The normalized spacial score (nSPS) is 32.1. The van der Waals surface area contributed by atoms with Crippen molar-refractivity contribution in [2.45, 2.75) is 25.9 Å². The molecule has 0 aromatic carbocycles. The van der Waals surface area contributed by atoms with E-state index in [0.717, 1.165) is 6.42 Å². The van der Waals surface area contributed by atoms with Crippen molar-refractivity contribution < 1.29 is 10.1 Å². The van der Waals surface area contributed by atoms with Gasteiger partial charge in [-0.25, -0.2) is 4.89 Å². The fourth-order valence-corrected chi connectivity index (χ4v) is 0.875. The largest absolute Gasteiger partial charge is 0.251 e. The predicted molar refractivity (Wildman–Crippen MR) is 39.6 cm³/mol. The van der Waals surface area contributed by atoms with E-state index in [2.05, 4.69) is 4.89 Å². The Hall–Kier alpha value is -0.600. The van der Waals surface area contributed by atoms with E-state index >= 15 is 0 Å². The highest BCUT2D eigenvalue weighted by atomic mass is 17.1. The Labute approximate surface area is 60.7 Å². The monoisotopic (exact) mass is 140 g/mol. The van der Waals surface area contributed by atoms with E-state index in [4.69, 9.17) is 5.26 Å². The molecule has 56 valence electrons. The van der Waals surface area contributed by atoms with Gasteiger partial charge in [0.15, 0.2) is 0 Å². The quantitative estimate of drug-likeness (QED) is 0.446. The van der Waals surface area contributed by atoms with E-state index in [-0.39, 0.29) is 0 Å². The summed E-state index contributed by atoms with van der Waals surface area (Å²) in [5.41, 5.74) is 0.717. The molecule has 0 aromatic rings. The zero-order valence-electron chi connectivity index (χ0n) is 6.29. The molecule has 0 amide bonds. The lowest BCUT2D eigenvalue weighted by molar-refractivity contribution is -0.301. The molecule has 0 aliphatic heterocycles. The molecule has 1 N–H and O–H groups in total. The Bertz CT molecular complexity index is 182. The van der Waals surface area contributed by atoms with Crippen LogP contribution in [0.5, 0.6) is 0 Å². The average molecular weight is 140 g/mol. The van der Waals surface area contributed by atoms with Crippen LogP contribution in [0.15, 0.2) is 23.8 Å². The SMILES string of the molecule is CC1=CCC(C)(OO)C=C1. The molecule has 0 saturated carbocycles. The fraction of sp³-hybridized carbons (Fsp3) is 0.500. The second kappa shape index (κ2) is 2.56. The lowest BCUT2D eigenvalue weighted by Gasteiger charge is -2.22. The first-order valence-electron chi connectivity index (χ1n) is 3.35. The molecule has 2 heteroatoms. The third-order valence-electron chi connectivity index (χ3n) is 1.74. The maximum absolute atomic E-state index is 8.46. The molecule has 2 nitrogen and oxygen atoms in total. The van der Waals surface area contributed by atoms with Crippen molar-refractivity contribution in [2.75, 3.05) is 0 Å². The summed E-state index contributed by atoms with van der Waals surface area (Å²) in [5.74, 6) is 0. The van der Waals surface area contributed by atoms with Gasteiger partial charge in [-0.05, 0) is 19.9 Å². The minimum Gasteiger partial charge on any atom is -0.251 e. The van der Waals surface area contributed by atoms with Gasteiger partial charge in [-0.3, -0.25) is 5.26 Å². The summed E-state index contributed by atoms with van der Waals surface area (Å²) in [7, 11) is 0. The Morgan fingerprint density at radius 2 is 2.40 bits per heavy atom. The van der Waals surface area contributed by atoms with E-state index in [9.17, 15) is 0 Å². The number of hydrogen-bond acceptors (Lipinski definition) is 2. The third kappa shape index (κ3) is 1.46. The molecular weight excluding hydrogens is 128 g/mol. The topological polar surface area (TPSA) is 29.5 Å². The molecule has 0 aromatic heterocycles. The maximum atomic E-state index is 8.46. The first-order valence-corrected chi connectivity index (χ1v) is 3.35. The van der Waals surface area contributed by atoms with Crippen molar-refractivity contribution in [3.63, 3.8) is 0 Å². The van der Waals surface area contributed by atoms with Crippen molar-refractivity contribution in [3.8, 4) is 0 Å². The number of allylic oxidation sites excluding steroid dienone is 2. The van der Waals surface area contributed by atoms with Crippen LogP contribution in [-0.2, 0) is 4.89 Å². The number of hydrogen-bond donors (Lipinski definition) is 1. The Balaban J connectivity index is 2.67. The molecule has 10 heavy (non-hydrogen) atoms. The fourth-order valence-electron chi connectivity index (χ4n) is 0.875. The first-order chi connectivity index (χ1) is 4.66. The van der Waals surface area contributed by atoms with Crippen LogP contribution in [-0.4, -0.2) is 10.9 Å². The van der Waals surface area contributed by atoms with E-state index in [1.807, 2.05) is 32.1 Å². The molecule has 1 atom stereocenters. The molecule has 1 aliphatic rings. The Morgan fingerprint density at radius 1 is 1.70 bits per heavy atom. The highest BCUT2D eigenvalue weighted by molar-refractivity contribution is 5.25. The zero-order chi connectivity index (χ0) is 7.61. The van der Waals surface area contributed by atoms with E-state index in [0.29, 0.717) is 0 Å². The van der Waals surface area contributed by atoms with Crippen molar-refractivity contribution in [1.29, 1.82) is 0 Å². The maximum Gasteiger partial charge on any atom is 0.122 e. The lowest BCUT2D eigenvalue weighted by Crippen LogP contribution is -2.25. The summed E-state index contributed by atoms with van der Waals surface area (Å²) < 4.78 is 0. The Kier molecular flexibility index (Phi) is 1.92. The lowest BCUT2D eigenvalue weighted by atomic mass is 9.95. The van der Waals surface area contributed by atoms with E-state index < -0.39 is 5.60 Å². The summed E-state index contributed by atoms with van der Waals surface area (Å²) in [5, 5.41) is 8.46. The van der Waals surface area contributed by atoms with Crippen LogP contribution in [0.4, 0.5) is 0 Å². The first kappa shape index (κ1) is 7.51. The summed E-state index contributed by atoms with van der Waals surface area (Å²) in [6.07, 6.45) is 6.59. The smallest absolute Gasteiger partial charge is 0.122 e. The van der Waals surface area contributed by atoms with Crippen LogP contribution in [0, 0.1) is 0 Å². The van der Waals surface area contributed by atoms with Crippen LogP contribution >= 0.6 is 0 Å². The highest BCUT2D eigenvalue weighted by Gasteiger charge is 2.22. The minimum absolute atomic E-state index is 0.500. The molecule has 1 rings (SSSR count). The van der Waals surface area contributed by atoms with Gasteiger partial charge >= 0.3 is 0 Å². The molecule has 1 unspecified atom stereocenters. The van der Waals surface area contributed by atoms with E-state index in [1.54, 1.807) is 0 Å². The van der Waals surface area contributed by atoms with Crippen LogP contribution in [0.25, 0.3) is 0 Å². The summed E-state index contributed by atoms with van der Waals surface area (Å²) >= 11 is 0. The molecule has 0 bridgehead atoms. The summed E-state index contributed by atoms with van der Waals surface area (Å²) in [6.45, 7) is 3.86. The average Bonchev–Trinajstić information content (AvgIpc) is 1.96. The molecule has 0 radical (unpaired) electrons. The third-order valence-corrected chi connectivity index (χ3v) is 1.74. The van der Waals surface area contributed by atoms with Crippen molar-refractivity contribution in [1.82, 2.24) is 0 Å². The predicted octanol–water partition coefficient (Wildman–Crippen LogP) is 2.14. The van der Waals surface area contributed by atoms with Crippen LogP contribution in [0.2, 0.25) is 0 Å². The van der Waals surface area contributed by atoms with Gasteiger partial charge in [0.25, 0.3) is 0 Å². The standard InChI is InChI=1S/C8H12O2/c1-7-3-5-8(2,10-9)6-4-7/h3-5,9H,6H2,1-2H3. The minimum atomic E-state index is -0.500. The van der Waals surface area contributed by atoms with Crippen LogP contribution < -0.4 is 0 Å². The summed E-state index contributed by atoms with van der Waals surface area (Å²) in [4.78, 5) is 4.30. The summed E-state index contributed by atoms with van der Waals surface area (Å²) in [6, 6.07) is 0. The molecule has 0 heterocycles. The van der Waals surface area contributed by atoms with Crippen LogP contribution in [0.3, 0.4) is 0 Å². The second-order valence-electron chi connectivity index (χ2n) is 2.89. The molecule has 0 saturated heterocycles. The van der Waals surface area contributed by atoms with Crippen molar-refractivity contribution in [3.05, 3.63) is 23.8 Å². The van der Waals surface area contributed by atoms with Crippen molar-refractivity contribution >= 4 is 0 Å². The Morgan fingerprint density at radius 3 is 2.80 bits per heavy atom. The molecule has 0 fully saturated rings. The molecular formula is C8H12O2. The van der Waals surface area contributed by atoms with Gasteiger partial charge < -0.3 is 0 Å². The second-order valence-corrected chi connectivity index (χ2v) is 2.89. The van der Waals surface area contributed by atoms with Gasteiger partial charge in [0.1, 0.15) is 5.60 Å². The van der Waals surface area contributed by atoms with Gasteiger partial charge in [0.2, 0.25) is 0 Å². The van der Waals surface area contributed by atoms with Gasteiger partial charge in [0, 0.05) is 6.42 Å². The van der Waals surface area contributed by atoms with Gasteiger partial charge in [-0.1, -0.05) is 17.7 Å². The van der Waals surface area contributed by atoms with E-state index in [1.165, 1.54) is 5.57 Å². The van der Waals surface area contributed by atoms with Gasteiger partial charge in [-0.2, -0.15) is 0 Å². The molecule has 1 aliphatic carbocycles. The zero-order valence-corrected chi connectivity index (χ0v) is 6.29. The van der Waals surface area contributed by atoms with Gasteiger partial charge in [-0.15, -0.1) is 0 Å². The molecule has 0 spiro atoms.